The second-order valence-electron chi connectivity index (χ2n) is 6.90. The maximum absolute atomic E-state index is 13.0. The van der Waals surface area contributed by atoms with Gasteiger partial charge in [-0.25, -0.2) is 0 Å². The van der Waals surface area contributed by atoms with E-state index < -0.39 is 0 Å². The van der Waals surface area contributed by atoms with E-state index in [0.717, 1.165) is 16.9 Å². The summed E-state index contributed by atoms with van der Waals surface area (Å²) in [6, 6.07) is 0. The number of amides is 2. The number of anilines is 1. The first-order chi connectivity index (χ1) is 12.4. The lowest BCUT2D eigenvalue weighted by atomic mass is 9.99. The molecule has 1 saturated heterocycles. The minimum Gasteiger partial charge on any atom is -0.369 e. The minimum absolute atomic E-state index is 0.0331. The third-order valence-electron chi connectivity index (χ3n) is 4.95. The number of H-pyrrole nitrogens is 1. The van der Waals surface area contributed by atoms with Crippen LogP contribution in [-0.4, -0.2) is 62.4 Å². The Hall–Kier alpha value is -2.68. The van der Waals surface area contributed by atoms with Crippen LogP contribution in [-0.2, 0) is 23.0 Å². The van der Waals surface area contributed by atoms with E-state index in [0.29, 0.717) is 25.2 Å². The molecule has 0 saturated carbocycles. The second-order valence-corrected chi connectivity index (χ2v) is 6.90. The molecule has 0 aliphatic carbocycles. The molecule has 4 heterocycles. The van der Waals surface area contributed by atoms with Crippen molar-refractivity contribution in [3.63, 3.8) is 0 Å². The quantitative estimate of drug-likeness (QED) is 0.850. The Kier molecular flexibility index (Phi) is 4.03. The van der Waals surface area contributed by atoms with Crippen molar-refractivity contribution in [2.24, 2.45) is 7.05 Å². The molecule has 2 aromatic heterocycles. The van der Waals surface area contributed by atoms with Crippen LogP contribution in [0.25, 0.3) is 0 Å². The van der Waals surface area contributed by atoms with Gasteiger partial charge in [0.15, 0.2) is 5.69 Å². The predicted molar refractivity (Wildman–Crippen MR) is 92.7 cm³/mol. The molecule has 0 unspecified atom stereocenters. The molecule has 0 spiro atoms. The van der Waals surface area contributed by atoms with Crippen LogP contribution in [0.5, 0.6) is 0 Å². The Labute approximate surface area is 150 Å². The number of nitrogens with one attached hydrogen (secondary N) is 1. The number of piperazine rings is 1. The molecule has 0 aromatic carbocycles. The van der Waals surface area contributed by atoms with Crippen molar-refractivity contribution in [2.45, 2.75) is 32.5 Å². The average molecular weight is 358 g/mol. The molecule has 2 aromatic rings. The van der Waals surface area contributed by atoms with E-state index in [-0.39, 0.29) is 30.6 Å². The summed E-state index contributed by atoms with van der Waals surface area (Å²) >= 11 is 0. The van der Waals surface area contributed by atoms with Crippen molar-refractivity contribution in [1.29, 1.82) is 0 Å². The first kappa shape index (κ1) is 16.8. The monoisotopic (exact) mass is 358 g/mol. The Morgan fingerprint density at radius 3 is 2.85 bits per heavy atom. The van der Waals surface area contributed by atoms with Gasteiger partial charge in [-0.3, -0.25) is 19.4 Å². The van der Waals surface area contributed by atoms with Crippen molar-refractivity contribution >= 4 is 17.5 Å². The number of ether oxygens (including phenoxy) is 1. The fraction of sp³-hybridized carbons (Fsp3) is 0.529. The van der Waals surface area contributed by atoms with Crippen molar-refractivity contribution in [2.75, 3.05) is 24.5 Å². The molecule has 2 amide bonds. The van der Waals surface area contributed by atoms with Crippen LogP contribution in [0.4, 0.5) is 5.69 Å². The van der Waals surface area contributed by atoms with Crippen LogP contribution in [0.1, 0.15) is 41.7 Å². The van der Waals surface area contributed by atoms with Gasteiger partial charge < -0.3 is 14.5 Å². The maximum Gasteiger partial charge on any atom is 0.275 e. The number of aryl methyl sites for hydroxylation is 1. The topological polar surface area (TPSA) is 96.4 Å². The fourth-order valence-corrected chi connectivity index (χ4v) is 3.67. The van der Waals surface area contributed by atoms with Gasteiger partial charge in [-0.05, 0) is 13.8 Å². The summed E-state index contributed by atoms with van der Waals surface area (Å²) in [4.78, 5) is 28.7. The number of rotatable bonds is 2. The number of fused-ring (bicyclic) bond motifs is 1. The Morgan fingerprint density at radius 2 is 2.15 bits per heavy atom. The molecule has 0 radical (unpaired) electrons. The van der Waals surface area contributed by atoms with Gasteiger partial charge in [0.25, 0.3) is 5.91 Å². The number of nitrogens with zero attached hydrogens (tertiary/aromatic N) is 5. The SMILES string of the molecule is C[C@@H]1Cc2c(C(=O)N3CCN(c4cnn(C)c4)C(=O)C3)n[nH]c2[C@H](C)O1. The van der Waals surface area contributed by atoms with Gasteiger partial charge in [-0.2, -0.15) is 10.2 Å². The number of aromatic amines is 1. The Morgan fingerprint density at radius 1 is 1.35 bits per heavy atom. The van der Waals surface area contributed by atoms with E-state index in [1.54, 1.807) is 33.9 Å². The number of aromatic nitrogens is 4. The predicted octanol–water partition coefficient (Wildman–Crippen LogP) is 0.654. The lowest BCUT2D eigenvalue weighted by Gasteiger charge is -2.33. The molecule has 2 atom stereocenters. The van der Waals surface area contributed by atoms with E-state index in [1.807, 2.05) is 13.8 Å². The standard InChI is InChI=1S/C17H22N6O3/c1-10-6-13-15(11(2)26-10)19-20-16(13)17(25)22-4-5-23(14(24)9-22)12-7-18-21(3)8-12/h7-8,10-11H,4-6,9H2,1-3H3,(H,19,20)/t10-,11+/m1/s1. The van der Waals surface area contributed by atoms with Crippen LogP contribution < -0.4 is 4.90 Å². The van der Waals surface area contributed by atoms with Crippen LogP contribution in [0.15, 0.2) is 12.4 Å². The molecule has 0 bridgehead atoms. The molecular weight excluding hydrogens is 336 g/mol. The first-order valence-electron chi connectivity index (χ1n) is 8.75. The fourth-order valence-electron chi connectivity index (χ4n) is 3.67. The highest BCUT2D eigenvalue weighted by atomic mass is 16.5. The number of carbonyl (C=O) groups is 2. The van der Waals surface area contributed by atoms with Crippen LogP contribution >= 0.6 is 0 Å². The van der Waals surface area contributed by atoms with Gasteiger partial charge in [0, 0.05) is 38.3 Å². The van der Waals surface area contributed by atoms with E-state index in [9.17, 15) is 9.59 Å². The van der Waals surface area contributed by atoms with Gasteiger partial charge in [0.1, 0.15) is 6.54 Å². The van der Waals surface area contributed by atoms with E-state index >= 15 is 0 Å². The van der Waals surface area contributed by atoms with E-state index in [2.05, 4.69) is 15.3 Å². The van der Waals surface area contributed by atoms with Crippen LogP contribution in [0, 0.1) is 0 Å². The van der Waals surface area contributed by atoms with E-state index in [1.165, 1.54) is 0 Å². The molecule has 2 aliphatic heterocycles. The molecule has 9 heteroatoms. The highest BCUT2D eigenvalue weighted by Gasteiger charge is 2.34. The zero-order chi connectivity index (χ0) is 18.4. The summed E-state index contributed by atoms with van der Waals surface area (Å²) < 4.78 is 7.42. The first-order valence-corrected chi connectivity index (χ1v) is 8.75. The minimum atomic E-state index is -0.206. The van der Waals surface area contributed by atoms with Gasteiger partial charge >= 0.3 is 0 Å². The molecule has 26 heavy (non-hydrogen) atoms. The highest BCUT2D eigenvalue weighted by Crippen LogP contribution is 2.30. The molecule has 1 fully saturated rings. The van der Waals surface area contributed by atoms with Crippen molar-refractivity contribution < 1.29 is 14.3 Å². The third kappa shape index (κ3) is 2.78. The lowest BCUT2D eigenvalue weighted by Crippen LogP contribution is -2.52. The normalized spacial score (nSPS) is 23.3. The number of hydrogen-bond donors (Lipinski definition) is 1. The summed E-state index contributed by atoms with van der Waals surface area (Å²) in [5.41, 5.74) is 2.92. The van der Waals surface area contributed by atoms with Gasteiger partial charge in [-0.1, -0.05) is 0 Å². The molecule has 138 valence electrons. The highest BCUT2D eigenvalue weighted by molar-refractivity contribution is 6.01. The largest absolute Gasteiger partial charge is 0.369 e. The lowest BCUT2D eigenvalue weighted by molar-refractivity contribution is -0.120. The average Bonchev–Trinajstić information content (AvgIpc) is 3.20. The number of carbonyl (C=O) groups excluding carboxylic acids is 2. The molecular formula is C17H22N6O3. The summed E-state index contributed by atoms with van der Waals surface area (Å²) in [7, 11) is 1.81. The molecule has 9 nitrogen and oxygen atoms in total. The summed E-state index contributed by atoms with van der Waals surface area (Å²) in [6.45, 7) is 4.87. The Bertz CT molecular complexity index is 857. The van der Waals surface area contributed by atoms with Crippen LogP contribution in [0.3, 0.4) is 0 Å². The molecule has 2 aliphatic rings. The molecule has 4 rings (SSSR count). The van der Waals surface area contributed by atoms with Gasteiger partial charge in [0.2, 0.25) is 5.91 Å². The summed E-state index contributed by atoms with van der Waals surface area (Å²) in [5.74, 6) is -0.324. The molecule has 1 N–H and O–H groups in total. The zero-order valence-electron chi connectivity index (χ0n) is 15.1. The third-order valence-corrected chi connectivity index (χ3v) is 4.95. The summed E-state index contributed by atoms with van der Waals surface area (Å²) in [5, 5.41) is 11.3. The Balaban J connectivity index is 1.51. The van der Waals surface area contributed by atoms with Crippen molar-refractivity contribution in [3.8, 4) is 0 Å². The van der Waals surface area contributed by atoms with Gasteiger partial charge in [0.05, 0.1) is 29.8 Å². The zero-order valence-corrected chi connectivity index (χ0v) is 15.1. The van der Waals surface area contributed by atoms with Crippen LogP contribution in [0.2, 0.25) is 0 Å². The second kappa shape index (κ2) is 6.24. The van der Waals surface area contributed by atoms with Crippen molar-refractivity contribution in [3.05, 3.63) is 29.3 Å². The summed E-state index contributed by atoms with van der Waals surface area (Å²) in [6.07, 6.45) is 4.00. The van der Waals surface area contributed by atoms with E-state index in [4.69, 9.17) is 4.74 Å². The smallest absolute Gasteiger partial charge is 0.275 e. The maximum atomic E-state index is 13.0. The van der Waals surface area contributed by atoms with Crippen molar-refractivity contribution in [1.82, 2.24) is 24.9 Å². The van der Waals surface area contributed by atoms with Gasteiger partial charge in [-0.15, -0.1) is 0 Å². The number of hydrogen-bond acceptors (Lipinski definition) is 5.